The summed E-state index contributed by atoms with van der Waals surface area (Å²) in [5.41, 5.74) is 2.51. The standard InChI is InChI=1S/C31H31N3O6/c1-3-25(30(36)32-27(31(37)38)18-21-10-6-4-7-11-21)29(35)26-19-28(34(33-26)23-12-8-5-9-13-23)40-20-22-14-16-24(39-2)17-15-22/h3-17,19,25,27,29,35H,1,18,20H2,2H3,(H,32,36)(H,37,38)/t25-,27-,29-/m0/s1. The third-order valence-electron chi connectivity index (χ3n) is 6.34. The molecule has 0 bridgehead atoms. The number of carboxylic acid groups (broad SMARTS) is 1. The Kier molecular flexibility index (Phi) is 9.32. The fourth-order valence-corrected chi connectivity index (χ4v) is 4.14. The van der Waals surface area contributed by atoms with Crippen LogP contribution >= 0.6 is 0 Å². The number of carboxylic acids is 1. The lowest BCUT2D eigenvalue weighted by Gasteiger charge is -2.21. The monoisotopic (exact) mass is 541 g/mol. The second-order valence-corrected chi connectivity index (χ2v) is 9.09. The van der Waals surface area contributed by atoms with E-state index in [0.717, 1.165) is 16.9 Å². The lowest BCUT2D eigenvalue weighted by molar-refractivity contribution is -0.142. The number of aliphatic hydroxyl groups excluding tert-OH is 1. The molecule has 0 aliphatic heterocycles. The molecule has 1 amide bonds. The zero-order chi connectivity index (χ0) is 28.5. The first-order valence-electron chi connectivity index (χ1n) is 12.7. The highest BCUT2D eigenvalue weighted by atomic mass is 16.5. The Labute approximate surface area is 232 Å². The first-order valence-corrected chi connectivity index (χ1v) is 12.7. The molecule has 4 aromatic rings. The van der Waals surface area contributed by atoms with E-state index in [1.165, 1.54) is 10.8 Å². The van der Waals surface area contributed by atoms with Crippen molar-refractivity contribution in [1.29, 1.82) is 0 Å². The van der Waals surface area contributed by atoms with Gasteiger partial charge in [0.1, 0.15) is 24.5 Å². The van der Waals surface area contributed by atoms with E-state index < -0.39 is 29.9 Å². The van der Waals surface area contributed by atoms with Gasteiger partial charge in [0.15, 0.2) is 0 Å². The second-order valence-electron chi connectivity index (χ2n) is 9.09. The molecule has 3 N–H and O–H groups in total. The number of carbonyl (C=O) groups is 2. The molecule has 9 heteroatoms. The van der Waals surface area contributed by atoms with E-state index >= 15 is 0 Å². The molecule has 0 saturated carbocycles. The lowest BCUT2D eigenvalue weighted by atomic mass is 9.97. The van der Waals surface area contributed by atoms with Gasteiger partial charge in [0, 0.05) is 12.5 Å². The van der Waals surface area contributed by atoms with Crippen LogP contribution in [0.3, 0.4) is 0 Å². The Morgan fingerprint density at radius 3 is 2.25 bits per heavy atom. The highest BCUT2D eigenvalue weighted by Crippen LogP contribution is 2.29. The summed E-state index contributed by atoms with van der Waals surface area (Å²) < 4.78 is 12.8. The van der Waals surface area contributed by atoms with E-state index in [-0.39, 0.29) is 18.7 Å². The Morgan fingerprint density at radius 1 is 1.00 bits per heavy atom. The highest BCUT2D eigenvalue weighted by Gasteiger charge is 2.31. The molecule has 0 unspecified atom stereocenters. The molecule has 0 aliphatic rings. The summed E-state index contributed by atoms with van der Waals surface area (Å²) in [6.07, 6.45) is -0.0358. The summed E-state index contributed by atoms with van der Waals surface area (Å²) in [5.74, 6) is -1.94. The minimum absolute atomic E-state index is 0.0911. The third kappa shape index (κ3) is 6.95. The van der Waals surface area contributed by atoms with E-state index in [0.29, 0.717) is 11.6 Å². The van der Waals surface area contributed by atoms with Crippen LogP contribution < -0.4 is 14.8 Å². The van der Waals surface area contributed by atoms with Crippen molar-refractivity contribution in [2.45, 2.75) is 25.2 Å². The summed E-state index contributed by atoms with van der Waals surface area (Å²) in [7, 11) is 1.60. The van der Waals surface area contributed by atoms with Crippen molar-refractivity contribution in [3.05, 3.63) is 120 Å². The maximum atomic E-state index is 13.1. The van der Waals surface area contributed by atoms with Crippen molar-refractivity contribution in [3.8, 4) is 17.3 Å². The van der Waals surface area contributed by atoms with Crippen molar-refractivity contribution in [2.24, 2.45) is 5.92 Å². The van der Waals surface area contributed by atoms with Crippen molar-refractivity contribution in [3.63, 3.8) is 0 Å². The van der Waals surface area contributed by atoms with Crippen LogP contribution in [0.1, 0.15) is 22.9 Å². The van der Waals surface area contributed by atoms with E-state index in [9.17, 15) is 19.8 Å². The molecule has 1 aromatic heterocycles. The Bertz CT molecular complexity index is 1420. The zero-order valence-corrected chi connectivity index (χ0v) is 22.0. The van der Waals surface area contributed by atoms with Crippen LogP contribution in [0.4, 0.5) is 0 Å². The van der Waals surface area contributed by atoms with Gasteiger partial charge >= 0.3 is 5.97 Å². The van der Waals surface area contributed by atoms with Gasteiger partial charge in [0.2, 0.25) is 11.8 Å². The van der Waals surface area contributed by atoms with Crippen LogP contribution in [0.15, 0.2) is 104 Å². The number of carbonyl (C=O) groups excluding carboxylic acids is 1. The summed E-state index contributed by atoms with van der Waals surface area (Å²) in [5, 5.41) is 28.0. The molecule has 0 aliphatic carbocycles. The highest BCUT2D eigenvalue weighted by molar-refractivity contribution is 5.86. The summed E-state index contributed by atoms with van der Waals surface area (Å²) in [6, 6.07) is 26.0. The molecular formula is C31H31N3O6. The largest absolute Gasteiger partial charge is 0.497 e. The minimum Gasteiger partial charge on any atom is -0.497 e. The molecule has 0 spiro atoms. The summed E-state index contributed by atoms with van der Waals surface area (Å²) >= 11 is 0. The molecule has 206 valence electrons. The molecule has 1 heterocycles. The predicted octanol–water partition coefficient (Wildman–Crippen LogP) is 4.11. The molecule has 3 aromatic carbocycles. The fraction of sp³-hybridized carbons (Fsp3) is 0.194. The number of nitrogens with one attached hydrogen (secondary N) is 1. The summed E-state index contributed by atoms with van der Waals surface area (Å²) in [6.45, 7) is 3.92. The SMILES string of the molecule is C=C[C@H](C(=O)N[C@@H](Cc1ccccc1)C(=O)O)[C@H](O)c1cc(OCc2ccc(OC)cc2)n(-c2ccccc2)n1. The minimum atomic E-state index is -1.41. The van der Waals surface area contributed by atoms with E-state index in [1.807, 2.05) is 60.7 Å². The Hall–Kier alpha value is -4.89. The molecule has 3 atom stereocenters. The van der Waals surface area contributed by atoms with E-state index in [2.05, 4.69) is 17.0 Å². The number of nitrogens with zero attached hydrogens (tertiary/aromatic N) is 2. The maximum Gasteiger partial charge on any atom is 0.326 e. The van der Waals surface area contributed by atoms with Crippen LogP contribution in [0, 0.1) is 5.92 Å². The van der Waals surface area contributed by atoms with Gasteiger partial charge in [-0.1, -0.05) is 66.7 Å². The van der Waals surface area contributed by atoms with E-state index in [1.54, 1.807) is 37.4 Å². The molecule has 0 radical (unpaired) electrons. The topological polar surface area (TPSA) is 123 Å². The molecule has 9 nitrogen and oxygen atoms in total. The van der Waals surface area contributed by atoms with E-state index in [4.69, 9.17) is 9.47 Å². The number of aliphatic hydroxyl groups is 1. The smallest absolute Gasteiger partial charge is 0.326 e. The Morgan fingerprint density at radius 2 is 1.65 bits per heavy atom. The van der Waals surface area contributed by atoms with Gasteiger partial charge in [-0.05, 0) is 35.4 Å². The normalized spacial score (nSPS) is 13.1. The van der Waals surface area contributed by atoms with Crippen molar-refractivity contribution < 1.29 is 29.3 Å². The number of amides is 1. The first-order chi connectivity index (χ1) is 19.4. The maximum absolute atomic E-state index is 13.1. The van der Waals surface area contributed by atoms with Gasteiger partial charge in [-0.25, -0.2) is 9.48 Å². The predicted molar refractivity (Wildman–Crippen MR) is 149 cm³/mol. The average Bonchev–Trinajstić information content (AvgIpc) is 3.41. The van der Waals surface area contributed by atoms with Gasteiger partial charge in [-0.15, -0.1) is 6.58 Å². The Balaban J connectivity index is 1.55. The van der Waals surface area contributed by atoms with Gasteiger partial charge in [-0.2, -0.15) is 5.10 Å². The average molecular weight is 542 g/mol. The van der Waals surface area contributed by atoms with Crippen molar-refractivity contribution in [2.75, 3.05) is 7.11 Å². The fourth-order valence-electron chi connectivity index (χ4n) is 4.14. The number of hydrogen-bond donors (Lipinski definition) is 3. The van der Waals surface area contributed by atoms with Crippen molar-refractivity contribution in [1.82, 2.24) is 15.1 Å². The van der Waals surface area contributed by atoms with Crippen LogP contribution in [-0.4, -0.2) is 45.0 Å². The van der Waals surface area contributed by atoms with Crippen molar-refractivity contribution >= 4 is 11.9 Å². The van der Waals surface area contributed by atoms with Gasteiger partial charge in [0.05, 0.1) is 24.4 Å². The van der Waals surface area contributed by atoms with Gasteiger partial charge < -0.3 is 25.0 Å². The number of aliphatic carboxylic acids is 1. The number of methoxy groups -OCH3 is 1. The lowest BCUT2D eigenvalue weighted by Crippen LogP contribution is -2.45. The third-order valence-corrected chi connectivity index (χ3v) is 6.34. The van der Waals surface area contributed by atoms with Crippen LogP contribution in [-0.2, 0) is 22.6 Å². The number of hydrogen-bond acceptors (Lipinski definition) is 6. The van der Waals surface area contributed by atoms with Crippen LogP contribution in [0.25, 0.3) is 5.69 Å². The number of ether oxygens (including phenoxy) is 2. The quantitative estimate of drug-likeness (QED) is 0.218. The molecule has 0 fully saturated rings. The number of para-hydroxylation sites is 1. The number of rotatable bonds is 13. The molecular weight excluding hydrogens is 510 g/mol. The zero-order valence-electron chi connectivity index (χ0n) is 22.0. The number of aromatic nitrogens is 2. The van der Waals surface area contributed by atoms with Gasteiger partial charge in [0.25, 0.3) is 0 Å². The molecule has 0 saturated heterocycles. The van der Waals surface area contributed by atoms with Gasteiger partial charge in [-0.3, -0.25) is 4.79 Å². The first kappa shape index (κ1) is 28.1. The molecule has 4 rings (SSSR count). The number of benzene rings is 3. The summed E-state index contributed by atoms with van der Waals surface area (Å²) in [4.78, 5) is 25.0. The van der Waals surface area contributed by atoms with Crippen LogP contribution in [0.5, 0.6) is 11.6 Å². The second kappa shape index (κ2) is 13.3. The molecule has 40 heavy (non-hydrogen) atoms. The van der Waals surface area contributed by atoms with Crippen LogP contribution in [0.2, 0.25) is 0 Å².